The van der Waals surface area contributed by atoms with Crippen molar-refractivity contribution < 1.29 is 28.9 Å². The van der Waals surface area contributed by atoms with Crippen LogP contribution in [0.2, 0.25) is 0 Å². The van der Waals surface area contributed by atoms with Crippen LogP contribution in [0.15, 0.2) is 35.5 Å². The Hall–Kier alpha value is -1.92. The van der Waals surface area contributed by atoms with Crippen molar-refractivity contribution >= 4 is 11.9 Å². The number of hydrogen-bond acceptors (Lipinski definition) is 6. The van der Waals surface area contributed by atoms with Crippen LogP contribution < -0.4 is 0 Å². The molecule has 0 spiro atoms. The molecule has 1 aliphatic carbocycles. The number of carbonyl (C=O) groups excluding carboxylic acids is 2. The number of fused-ring (bicyclic) bond motifs is 3. The zero-order valence-electron chi connectivity index (χ0n) is 15.7. The van der Waals surface area contributed by atoms with Gasteiger partial charge < -0.3 is 19.3 Å². The molecule has 2 aliphatic heterocycles. The molecule has 0 radical (unpaired) electrons. The van der Waals surface area contributed by atoms with Crippen molar-refractivity contribution in [1.29, 1.82) is 0 Å². The molecule has 0 bridgehead atoms. The zero-order valence-corrected chi connectivity index (χ0v) is 15.7. The first-order valence-electron chi connectivity index (χ1n) is 8.92. The molecular formula is C20H26O6. The van der Waals surface area contributed by atoms with Gasteiger partial charge in [0.25, 0.3) is 0 Å². The number of hydrogen-bond donors (Lipinski definition) is 1. The van der Waals surface area contributed by atoms with E-state index in [1.165, 1.54) is 6.08 Å². The molecule has 6 heteroatoms. The molecule has 0 aromatic carbocycles. The van der Waals surface area contributed by atoms with Gasteiger partial charge in [-0.05, 0) is 46.1 Å². The second kappa shape index (κ2) is 6.67. The van der Waals surface area contributed by atoms with Crippen molar-refractivity contribution in [3.8, 4) is 0 Å². The van der Waals surface area contributed by atoms with Crippen molar-refractivity contribution in [2.24, 2.45) is 5.92 Å². The van der Waals surface area contributed by atoms with E-state index in [9.17, 15) is 14.7 Å². The summed E-state index contributed by atoms with van der Waals surface area (Å²) < 4.78 is 16.8. The molecule has 0 aromatic rings. The van der Waals surface area contributed by atoms with Crippen LogP contribution in [0.1, 0.15) is 40.5 Å². The van der Waals surface area contributed by atoms with Crippen LogP contribution in [0.5, 0.6) is 0 Å². The Labute approximate surface area is 153 Å². The highest BCUT2D eigenvalue weighted by Gasteiger charge is 2.63. The van der Waals surface area contributed by atoms with Crippen LogP contribution >= 0.6 is 0 Å². The van der Waals surface area contributed by atoms with Gasteiger partial charge in [0.05, 0.1) is 11.5 Å². The topological polar surface area (TPSA) is 85.4 Å². The number of rotatable bonds is 2. The summed E-state index contributed by atoms with van der Waals surface area (Å²) >= 11 is 0. The number of carbonyl (C=O) groups is 2. The summed E-state index contributed by atoms with van der Waals surface area (Å²) in [6.45, 7) is 11.2. The van der Waals surface area contributed by atoms with Crippen LogP contribution in [0.3, 0.4) is 0 Å². The van der Waals surface area contributed by atoms with Crippen LogP contribution in [-0.4, -0.2) is 47.1 Å². The minimum atomic E-state index is -1.14. The number of epoxide rings is 1. The SMILES string of the molecule is C=C1C(=O)O[C@@H]2[C@H]1[C@@H](O)[C@H](OC(=O)C=C(C)C)/C(C)=C/CC[C@]1(C)O[C@H]21. The lowest BCUT2D eigenvalue weighted by molar-refractivity contribution is -0.150. The van der Waals surface area contributed by atoms with Crippen molar-refractivity contribution in [3.63, 3.8) is 0 Å². The van der Waals surface area contributed by atoms with Gasteiger partial charge in [-0.1, -0.05) is 18.2 Å². The molecule has 0 aromatic heterocycles. The Balaban J connectivity index is 1.94. The third-order valence-electron chi connectivity index (χ3n) is 5.38. The number of aliphatic hydroxyl groups excluding tert-OH is 1. The van der Waals surface area contributed by atoms with E-state index < -0.39 is 36.2 Å². The van der Waals surface area contributed by atoms with Gasteiger partial charge in [-0.3, -0.25) is 0 Å². The molecule has 0 saturated carbocycles. The molecular weight excluding hydrogens is 336 g/mol. The molecule has 2 fully saturated rings. The number of allylic oxidation sites excluding steroid dienone is 2. The van der Waals surface area contributed by atoms with Gasteiger partial charge >= 0.3 is 11.9 Å². The van der Waals surface area contributed by atoms with Gasteiger partial charge in [-0.15, -0.1) is 0 Å². The van der Waals surface area contributed by atoms with Gasteiger partial charge in [0.15, 0.2) is 0 Å². The summed E-state index contributed by atoms with van der Waals surface area (Å²) in [5.74, 6) is -1.74. The van der Waals surface area contributed by atoms with Crippen LogP contribution in [0, 0.1) is 5.92 Å². The summed E-state index contributed by atoms with van der Waals surface area (Å²) in [7, 11) is 0. The van der Waals surface area contributed by atoms with E-state index in [-0.39, 0.29) is 17.3 Å². The molecule has 0 amide bonds. The minimum absolute atomic E-state index is 0.192. The molecule has 26 heavy (non-hydrogen) atoms. The van der Waals surface area contributed by atoms with E-state index in [2.05, 4.69) is 6.58 Å². The molecule has 6 nitrogen and oxygen atoms in total. The maximum Gasteiger partial charge on any atom is 0.334 e. The normalized spacial score (nSPS) is 41.1. The highest BCUT2D eigenvalue weighted by atomic mass is 16.6. The Morgan fingerprint density at radius 1 is 1.46 bits per heavy atom. The Kier molecular flexibility index (Phi) is 4.84. The standard InChI is InChI=1S/C20H26O6/c1-10(2)9-13(21)24-16-11(3)7-6-8-20(5)18(26-20)17-14(15(16)22)12(4)19(23)25-17/h7,9,14-18,22H,4,6,8H2,1-3,5H3/b11-7+/t14-,15-,16-,17-,18-,20+/m1/s1. The molecule has 1 N–H and O–H groups in total. The number of aliphatic hydroxyl groups is 1. The van der Waals surface area contributed by atoms with Crippen LogP contribution in [-0.2, 0) is 23.8 Å². The third-order valence-corrected chi connectivity index (χ3v) is 5.38. The van der Waals surface area contributed by atoms with E-state index in [1.807, 2.05) is 19.9 Å². The second-order valence-corrected chi connectivity index (χ2v) is 7.83. The first-order chi connectivity index (χ1) is 12.1. The smallest absolute Gasteiger partial charge is 0.334 e. The lowest BCUT2D eigenvalue weighted by Crippen LogP contribution is -2.44. The van der Waals surface area contributed by atoms with Crippen molar-refractivity contribution in [3.05, 3.63) is 35.5 Å². The molecule has 2 heterocycles. The van der Waals surface area contributed by atoms with Crippen molar-refractivity contribution in [2.45, 2.75) is 70.6 Å². The summed E-state index contributed by atoms with van der Waals surface area (Å²) in [6.07, 6.45) is 1.88. The fraction of sp³-hybridized carbons (Fsp3) is 0.600. The van der Waals surface area contributed by atoms with Crippen molar-refractivity contribution in [2.75, 3.05) is 0 Å². The Bertz CT molecular complexity index is 701. The highest BCUT2D eigenvalue weighted by Crippen LogP contribution is 2.50. The van der Waals surface area contributed by atoms with E-state index in [1.54, 1.807) is 13.8 Å². The maximum absolute atomic E-state index is 12.1. The minimum Gasteiger partial charge on any atom is -0.455 e. The van der Waals surface area contributed by atoms with Gasteiger partial charge in [0, 0.05) is 11.6 Å². The summed E-state index contributed by atoms with van der Waals surface area (Å²) in [6, 6.07) is 0. The monoisotopic (exact) mass is 362 g/mol. The molecule has 2 saturated heterocycles. The fourth-order valence-electron chi connectivity index (χ4n) is 3.85. The van der Waals surface area contributed by atoms with E-state index in [4.69, 9.17) is 14.2 Å². The number of esters is 2. The van der Waals surface area contributed by atoms with Gasteiger partial charge in [0.2, 0.25) is 0 Å². The van der Waals surface area contributed by atoms with E-state index in [0.717, 1.165) is 17.6 Å². The lowest BCUT2D eigenvalue weighted by Gasteiger charge is -2.30. The first kappa shape index (κ1) is 18.9. The van der Waals surface area contributed by atoms with Gasteiger partial charge in [-0.25, -0.2) is 9.59 Å². The lowest BCUT2D eigenvalue weighted by atomic mass is 9.81. The van der Waals surface area contributed by atoms with Crippen LogP contribution in [0.25, 0.3) is 0 Å². The molecule has 142 valence electrons. The quantitative estimate of drug-likeness (QED) is 0.351. The molecule has 6 atom stereocenters. The summed E-state index contributed by atoms with van der Waals surface area (Å²) in [4.78, 5) is 24.2. The van der Waals surface area contributed by atoms with Crippen molar-refractivity contribution in [1.82, 2.24) is 0 Å². The maximum atomic E-state index is 12.1. The highest BCUT2D eigenvalue weighted by molar-refractivity contribution is 5.91. The predicted octanol–water partition coefficient (Wildman–Crippen LogP) is 2.22. The second-order valence-electron chi connectivity index (χ2n) is 7.83. The molecule has 0 unspecified atom stereocenters. The third kappa shape index (κ3) is 3.35. The average Bonchev–Trinajstić information content (AvgIpc) is 3.11. The Morgan fingerprint density at radius 2 is 2.15 bits per heavy atom. The largest absolute Gasteiger partial charge is 0.455 e. The first-order valence-corrected chi connectivity index (χ1v) is 8.92. The van der Waals surface area contributed by atoms with Gasteiger partial charge in [0.1, 0.15) is 24.4 Å². The Morgan fingerprint density at radius 3 is 2.81 bits per heavy atom. The summed E-state index contributed by atoms with van der Waals surface area (Å²) in [5.41, 5.74) is 1.35. The predicted molar refractivity (Wildman–Crippen MR) is 94.1 cm³/mol. The fourth-order valence-corrected chi connectivity index (χ4v) is 3.85. The molecule has 3 rings (SSSR count). The van der Waals surface area contributed by atoms with E-state index >= 15 is 0 Å². The molecule has 3 aliphatic rings. The summed E-state index contributed by atoms with van der Waals surface area (Å²) in [5, 5.41) is 11.0. The zero-order chi connectivity index (χ0) is 19.2. The van der Waals surface area contributed by atoms with E-state index in [0.29, 0.717) is 6.42 Å². The average molecular weight is 362 g/mol. The van der Waals surface area contributed by atoms with Crippen LogP contribution in [0.4, 0.5) is 0 Å². The van der Waals surface area contributed by atoms with Gasteiger partial charge in [-0.2, -0.15) is 0 Å². The number of ether oxygens (including phenoxy) is 3.